The normalized spacial score (nSPS) is 17.2. The number of carboxylic acids is 1. The number of hydrogen-bond acceptors (Lipinski definition) is 3. The fourth-order valence-electron chi connectivity index (χ4n) is 2.01. The van der Waals surface area contributed by atoms with E-state index in [1.54, 1.807) is 23.4 Å². The van der Waals surface area contributed by atoms with Crippen LogP contribution in [0.4, 0.5) is 0 Å². The molecule has 0 amide bonds. The predicted molar refractivity (Wildman–Crippen MR) is 99.3 cm³/mol. The highest BCUT2D eigenvalue weighted by Gasteiger charge is 2.14. The number of carbonyl (C=O) groups is 1. The van der Waals surface area contributed by atoms with Crippen molar-refractivity contribution in [3.63, 3.8) is 0 Å². The number of allylic oxidation sites excluding steroid dienone is 5. The van der Waals surface area contributed by atoms with Gasteiger partial charge in [-0.25, -0.2) is 9.80 Å². The second-order valence-corrected chi connectivity index (χ2v) is 5.25. The predicted octanol–water partition coefficient (Wildman–Crippen LogP) is 3.92. The van der Waals surface area contributed by atoms with Gasteiger partial charge in [0.2, 0.25) is 0 Å². The molecule has 2 atom stereocenters. The zero-order valence-electron chi connectivity index (χ0n) is 14.4. The Hall–Kier alpha value is -2.80. The van der Waals surface area contributed by atoms with Gasteiger partial charge in [0.05, 0.1) is 11.3 Å². The van der Waals surface area contributed by atoms with Crippen LogP contribution < -0.4 is 0 Å². The Morgan fingerprint density at radius 3 is 2.83 bits per heavy atom. The van der Waals surface area contributed by atoms with Gasteiger partial charge < -0.3 is 5.11 Å². The van der Waals surface area contributed by atoms with Crippen molar-refractivity contribution >= 4 is 12.2 Å². The van der Waals surface area contributed by atoms with Crippen LogP contribution in [0.3, 0.4) is 0 Å². The SMILES string of the molecule is C=C1C=CC=NN1C(C#CC(C)/C=C(\C=C/CC)C(=O)O)C=CC. The first-order valence-corrected chi connectivity index (χ1v) is 7.93. The van der Waals surface area contributed by atoms with Crippen molar-refractivity contribution < 1.29 is 9.90 Å². The van der Waals surface area contributed by atoms with E-state index in [9.17, 15) is 9.90 Å². The van der Waals surface area contributed by atoms with Crippen LogP contribution in [-0.4, -0.2) is 28.3 Å². The van der Waals surface area contributed by atoms with Gasteiger partial charge in [0.25, 0.3) is 0 Å². The van der Waals surface area contributed by atoms with Crippen LogP contribution in [0.5, 0.6) is 0 Å². The van der Waals surface area contributed by atoms with Gasteiger partial charge in [-0.1, -0.05) is 55.7 Å². The van der Waals surface area contributed by atoms with Gasteiger partial charge in [0.1, 0.15) is 6.04 Å². The maximum Gasteiger partial charge on any atom is 0.335 e. The molecule has 0 aromatic carbocycles. The van der Waals surface area contributed by atoms with Gasteiger partial charge in [-0.15, -0.1) is 0 Å². The lowest BCUT2D eigenvalue weighted by atomic mass is 10.1. The zero-order chi connectivity index (χ0) is 17.9. The third-order valence-corrected chi connectivity index (χ3v) is 3.17. The lowest BCUT2D eigenvalue weighted by Crippen LogP contribution is -2.27. The Bertz CT molecular complexity index is 669. The van der Waals surface area contributed by atoms with Crippen LogP contribution >= 0.6 is 0 Å². The van der Waals surface area contributed by atoms with Gasteiger partial charge >= 0.3 is 5.97 Å². The first-order valence-electron chi connectivity index (χ1n) is 7.93. The second-order valence-electron chi connectivity index (χ2n) is 5.25. The highest BCUT2D eigenvalue weighted by Crippen LogP contribution is 2.14. The molecule has 1 aliphatic rings. The fraction of sp³-hybridized carbons (Fsp3) is 0.300. The molecule has 126 valence electrons. The molecule has 4 heteroatoms. The largest absolute Gasteiger partial charge is 0.478 e. The standard InChI is InChI=1S/C20H24N2O2/c1-5-7-11-18(20(23)24)15-16(3)12-13-19(9-6-2)22-17(4)10-8-14-21-22/h6-11,14-16,19H,4-5H2,1-3H3,(H,23,24)/b9-6?,11-7-,18-15+. The van der Waals surface area contributed by atoms with Crippen molar-refractivity contribution in [2.45, 2.75) is 33.2 Å². The van der Waals surface area contributed by atoms with E-state index in [-0.39, 0.29) is 17.5 Å². The molecule has 0 saturated heterocycles. The topological polar surface area (TPSA) is 52.9 Å². The maximum atomic E-state index is 11.2. The molecule has 0 bridgehead atoms. The summed E-state index contributed by atoms with van der Waals surface area (Å²) in [4.78, 5) is 11.2. The molecule has 1 rings (SSSR count). The van der Waals surface area contributed by atoms with Crippen LogP contribution in [0.2, 0.25) is 0 Å². The van der Waals surface area contributed by atoms with Crippen LogP contribution in [0.15, 0.2) is 65.5 Å². The summed E-state index contributed by atoms with van der Waals surface area (Å²) in [5.74, 6) is 5.09. The third kappa shape index (κ3) is 6.13. The smallest absolute Gasteiger partial charge is 0.335 e. The third-order valence-electron chi connectivity index (χ3n) is 3.17. The molecular formula is C20H24N2O2. The molecule has 0 radical (unpaired) electrons. The summed E-state index contributed by atoms with van der Waals surface area (Å²) < 4.78 is 0. The van der Waals surface area contributed by atoms with E-state index in [1.807, 2.05) is 51.2 Å². The summed E-state index contributed by atoms with van der Waals surface area (Å²) in [5, 5.41) is 15.2. The molecule has 24 heavy (non-hydrogen) atoms. The molecule has 0 spiro atoms. The first kappa shape index (κ1) is 19.2. The maximum absolute atomic E-state index is 11.2. The van der Waals surface area contributed by atoms with E-state index in [0.717, 1.165) is 12.1 Å². The number of hydrazone groups is 1. The minimum absolute atomic E-state index is 0.192. The van der Waals surface area contributed by atoms with E-state index in [1.165, 1.54) is 0 Å². The van der Waals surface area contributed by atoms with Gasteiger partial charge in [-0.05, 0) is 32.4 Å². The number of rotatable bonds is 6. The summed E-state index contributed by atoms with van der Waals surface area (Å²) in [6.07, 6.45) is 15.1. The highest BCUT2D eigenvalue weighted by molar-refractivity contribution is 5.89. The molecule has 0 fully saturated rings. The van der Waals surface area contributed by atoms with Crippen molar-refractivity contribution in [1.82, 2.24) is 5.01 Å². The molecular weight excluding hydrogens is 300 g/mol. The average molecular weight is 324 g/mol. The van der Waals surface area contributed by atoms with Gasteiger partial charge in [0, 0.05) is 12.1 Å². The van der Waals surface area contributed by atoms with E-state index < -0.39 is 5.97 Å². The minimum atomic E-state index is -0.947. The van der Waals surface area contributed by atoms with E-state index in [4.69, 9.17) is 0 Å². The van der Waals surface area contributed by atoms with Crippen LogP contribution in [-0.2, 0) is 4.79 Å². The summed E-state index contributed by atoms with van der Waals surface area (Å²) in [6.45, 7) is 9.71. The molecule has 0 aromatic rings. The van der Waals surface area contributed by atoms with Crippen molar-refractivity contribution in [2.75, 3.05) is 0 Å². The number of hydrogen-bond donors (Lipinski definition) is 1. The summed E-state index contributed by atoms with van der Waals surface area (Å²) in [7, 11) is 0. The van der Waals surface area contributed by atoms with Crippen LogP contribution in [0.25, 0.3) is 0 Å². The molecule has 1 heterocycles. The number of carboxylic acid groups (broad SMARTS) is 1. The average Bonchev–Trinajstić information content (AvgIpc) is 2.55. The monoisotopic (exact) mass is 324 g/mol. The Labute approximate surface area is 144 Å². The first-order chi connectivity index (χ1) is 11.5. The highest BCUT2D eigenvalue weighted by atomic mass is 16.4. The molecule has 0 aliphatic carbocycles. The fourth-order valence-corrected chi connectivity index (χ4v) is 2.01. The Balaban J connectivity index is 2.97. The van der Waals surface area contributed by atoms with Crippen molar-refractivity contribution in [2.24, 2.45) is 11.0 Å². The van der Waals surface area contributed by atoms with Crippen LogP contribution in [0, 0.1) is 17.8 Å². The van der Waals surface area contributed by atoms with Crippen molar-refractivity contribution in [1.29, 1.82) is 0 Å². The Morgan fingerprint density at radius 1 is 1.50 bits per heavy atom. The van der Waals surface area contributed by atoms with Gasteiger partial charge in [0.15, 0.2) is 0 Å². The lowest BCUT2D eigenvalue weighted by Gasteiger charge is -2.25. The van der Waals surface area contributed by atoms with Crippen molar-refractivity contribution in [3.05, 3.63) is 60.4 Å². The second kappa shape index (κ2) is 10.1. The summed E-state index contributed by atoms with van der Waals surface area (Å²) in [5.41, 5.74) is 1.01. The molecule has 0 aromatic heterocycles. The van der Waals surface area contributed by atoms with Gasteiger partial charge in [-0.3, -0.25) is 0 Å². The van der Waals surface area contributed by atoms with Crippen molar-refractivity contribution in [3.8, 4) is 11.8 Å². The van der Waals surface area contributed by atoms with Crippen LogP contribution in [0.1, 0.15) is 27.2 Å². The minimum Gasteiger partial charge on any atom is -0.478 e. The van der Waals surface area contributed by atoms with Gasteiger partial charge in [-0.2, -0.15) is 5.10 Å². The summed E-state index contributed by atoms with van der Waals surface area (Å²) >= 11 is 0. The quantitative estimate of drug-likeness (QED) is 0.349. The lowest BCUT2D eigenvalue weighted by molar-refractivity contribution is -0.132. The number of aliphatic carboxylic acids is 1. The zero-order valence-corrected chi connectivity index (χ0v) is 14.4. The Morgan fingerprint density at radius 2 is 2.25 bits per heavy atom. The molecule has 2 unspecified atom stereocenters. The van der Waals surface area contributed by atoms with E-state index >= 15 is 0 Å². The van der Waals surface area contributed by atoms with E-state index in [0.29, 0.717) is 0 Å². The number of nitrogens with zero attached hydrogens (tertiary/aromatic N) is 2. The molecule has 0 saturated carbocycles. The molecule has 1 N–H and O–H groups in total. The summed E-state index contributed by atoms with van der Waals surface area (Å²) in [6, 6.07) is -0.237. The Kier molecular flexibility index (Phi) is 8.07. The van der Waals surface area contributed by atoms with E-state index in [2.05, 4.69) is 23.5 Å². The molecule has 1 aliphatic heterocycles. The molecule has 4 nitrogen and oxygen atoms in total.